The van der Waals surface area contributed by atoms with E-state index in [1.54, 1.807) is 6.07 Å². The molecule has 0 bridgehead atoms. The Labute approximate surface area is 95.8 Å². The van der Waals surface area contributed by atoms with Crippen LogP contribution in [0, 0.1) is 11.2 Å². The van der Waals surface area contributed by atoms with Gasteiger partial charge in [0.1, 0.15) is 5.82 Å². The molecule has 0 N–H and O–H groups in total. The Balaban J connectivity index is 2.15. The predicted octanol–water partition coefficient (Wildman–Crippen LogP) is 3.50. The van der Waals surface area contributed by atoms with Gasteiger partial charge in [-0.2, -0.15) is 0 Å². The molecule has 3 heteroatoms. The number of hydrogen-bond acceptors (Lipinski definition) is 1. The maximum absolute atomic E-state index is 13.4. The molecule has 0 heterocycles. The van der Waals surface area contributed by atoms with Crippen LogP contribution in [0.2, 0.25) is 0 Å². The van der Waals surface area contributed by atoms with Crippen LogP contribution in [0.3, 0.4) is 0 Å². The molecule has 78 valence electrons. The highest BCUT2D eigenvalue weighted by molar-refractivity contribution is 9.10. The molecule has 1 saturated carbocycles. The van der Waals surface area contributed by atoms with Gasteiger partial charge in [-0.05, 0) is 59.3 Å². The lowest BCUT2D eigenvalue weighted by Gasteiger charge is -2.22. The van der Waals surface area contributed by atoms with Crippen molar-refractivity contribution in [3.63, 3.8) is 0 Å². The second-order valence-corrected chi connectivity index (χ2v) is 5.39. The average molecular weight is 269 g/mol. The first-order chi connectivity index (χ1) is 7.12. The van der Waals surface area contributed by atoms with Crippen LogP contribution in [0.4, 0.5) is 4.39 Å². The minimum absolute atomic E-state index is 0.104. The summed E-state index contributed by atoms with van der Waals surface area (Å²) in [4.78, 5) is 12.1. The number of benzene rings is 1. The first kappa shape index (κ1) is 9.52. The van der Waals surface area contributed by atoms with Gasteiger partial charge >= 0.3 is 0 Å². The van der Waals surface area contributed by atoms with Crippen molar-refractivity contribution in [3.8, 4) is 0 Å². The van der Waals surface area contributed by atoms with Crippen molar-refractivity contribution in [2.75, 3.05) is 0 Å². The van der Waals surface area contributed by atoms with E-state index in [4.69, 9.17) is 0 Å². The summed E-state index contributed by atoms with van der Waals surface area (Å²) in [6, 6.07) is 3.14. The summed E-state index contributed by atoms with van der Waals surface area (Å²) in [5.74, 6) is -0.171. The zero-order valence-corrected chi connectivity index (χ0v) is 9.73. The molecule has 0 aromatic heterocycles. The number of rotatable bonds is 0. The van der Waals surface area contributed by atoms with Crippen LogP contribution < -0.4 is 0 Å². The van der Waals surface area contributed by atoms with Crippen molar-refractivity contribution in [3.05, 3.63) is 33.5 Å². The fourth-order valence-electron chi connectivity index (χ4n) is 2.41. The van der Waals surface area contributed by atoms with Gasteiger partial charge in [0.15, 0.2) is 5.78 Å². The fraction of sp³-hybridized carbons (Fsp3) is 0.417. The Morgan fingerprint density at radius 3 is 2.67 bits per heavy atom. The first-order valence-electron chi connectivity index (χ1n) is 5.15. The molecule has 1 nitrogen and oxygen atoms in total. The summed E-state index contributed by atoms with van der Waals surface area (Å²) in [7, 11) is 0. The number of fused-ring (bicyclic) bond motifs is 1. The van der Waals surface area contributed by atoms with Crippen LogP contribution in [0.25, 0.3) is 0 Å². The van der Waals surface area contributed by atoms with Crippen LogP contribution in [-0.4, -0.2) is 5.78 Å². The van der Waals surface area contributed by atoms with Crippen molar-refractivity contribution < 1.29 is 9.18 Å². The summed E-state index contributed by atoms with van der Waals surface area (Å²) < 4.78 is 13.8. The smallest absolute Gasteiger partial charge is 0.169 e. The molecule has 0 amide bonds. The maximum Gasteiger partial charge on any atom is 0.169 e. The fourth-order valence-corrected chi connectivity index (χ4v) is 2.80. The molecule has 0 radical (unpaired) electrons. The molecular weight excluding hydrogens is 259 g/mol. The molecule has 0 saturated heterocycles. The lowest BCUT2D eigenvalue weighted by molar-refractivity contribution is 0.0879. The van der Waals surface area contributed by atoms with Gasteiger partial charge in [0.05, 0.1) is 4.47 Å². The van der Waals surface area contributed by atoms with E-state index in [2.05, 4.69) is 15.9 Å². The Hall–Kier alpha value is -0.700. The van der Waals surface area contributed by atoms with Crippen LogP contribution >= 0.6 is 15.9 Å². The van der Waals surface area contributed by atoms with Crippen LogP contribution in [0.5, 0.6) is 0 Å². The van der Waals surface area contributed by atoms with Crippen molar-refractivity contribution in [1.29, 1.82) is 0 Å². The third kappa shape index (κ3) is 1.29. The molecule has 0 aliphatic heterocycles. The van der Waals surface area contributed by atoms with Crippen molar-refractivity contribution in [1.82, 2.24) is 0 Å². The lowest BCUT2D eigenvalue weighted by Crippen LogP contribution is -2.24. The third-order valence-electron chi connectivity index (χ3n) is 3.60. The zero-order chi connectivity index (χ0) is 10.6. The molecule has 2 aliphatic rings. The van der Waals surface area contributed by atoms with Crippen LogP contribution in [0.15, 0.2) is 16.6 Å². The van der Waals surface area contributed by atoms with Gasteiger partial charge in [-0.15, -0.1) is 0 Å². The van der Waals surface area contributed by atoms with E-state index in [1.165, 1.54) is 6.07 Å². The van der Waals surface area contributed by atoms with Gasteiger partial charge < -0.3 is 0 Å². The number of carbonyl (C=O) groups is 1. The third-order valence-corrected chi connectivity index (χ3v) is 4.21. The van der Waals surface area contributed by atoms with E-state index in [-0.39, 0.29) is 17.0 Å². The SMILES string of the molecule is O=C1c2cc(F)c(Br)cc2CCC12CC2. The highest BCUT2D eigenvalue weighted by atomic mass is 79.9. The Morgan fingerprint density at radius 2 is 2.00 bits per heavy atom. The number of halogens is 2. The number of ketones is 1. The molecule has 0 atom stereocenters. The van der Waals surface area contributed by atoms with Gasteiger partial charge in [-0.1, -0.05) is 0 Å². The van der Waals surface area contributed by atoms with Gasteiger partial charge in [0, 0.05) is 11.0 Å². The van der Waals surface area contributed by atoms with E-state index >= 15 is 0 Å². The number of hydrogen-bond donors (Lipinski definition) is 0. The molecule has 1 aromatic carbocycles. The normalized spacial score (nSPS) is 21.6. The summed E-state index contributed by atoms with van der Waals surface area (Å²) in [6.07, 6.45) is 3.82. The molecule has 1 spiro atoms. The number of aryl methyl sites for hydroxylation is 1. The monoisotopic (exact) mass is 268 g/mol. The molecule has 3 rings (SSSR count). The van der Waals surface area contributed by atoms with E-state index in [0.29, 0.717) is 10.0 Å². The highest BCUT2D eigenvalue weighted by Crippen LogP contribution is 2.54. The number of Topliss-reactive ketones (excluding diaryl/α,β-unsaturated/α-hetero) is 1. The minimum atomic E-state index is -0.334. The van der Waals surface area contributed by atoms with Crippen LogP contribution in [0.1, 0.15) is 35.2 Å². The van der Waals surface area contributed by atoms with E-state index in [1.807, 2.05) is 0 Å². The summed E-state index contributed by atoms with van der Waals surface area (Å²) >= 11 is 3.15. The maximum atomic E-state index is 13.4. The molecular formula is C12H10BrFO. The predicted molar refractivity (Wildman–Crippen MR) is 58.4 cm³/mol. The van der Waals surface area contributed by atoms with Crippen LogP contribution in [-0.2, 0) is 6.42 Å². The van der Waals surface area contributed by atoms with Crippen molar-refractivity contribution in [2.24, 2.45) is 5.41 Å². The van der Waals surface area contributed by atoms with Gasteiger partial charge in [0.25, 0.3) is 0 Å². The van der Waals surface area contributed by atoms with E-state index in [9.17, 15) is 9.18 Å². The lowest BCUT2D eigenvalue weighted by atomic mass is 9.80. The van der Waals surface area contributed by atoms with Gasteiger partial charge in [-0.25, -0.2) is 4.39 Å². The minimum Gasteiger partial charge on any atom is -0.294 e. The summed E-state index contributed by atoms with van der Waals surface area (Å²) in [6.45, 7) is 0. The van der Waals surface area contributed by atoms with Gasteiger partial charge in [0.2, 0.25) is 0 Å². The largest absolute Gasteiger partial charge is 0.294 e. The quantitative estimate of drug-likeness (QED) is 0.704. The second-order valence-electron chi connectivity index (χ2n) is 4.53. The molecule has 1 aromatic rings. The number of carbonyl (C=O) groups excluding carboxylic acids is 1. The highest BCUT2D eigenvalue weighted by Gasteiger charge is 2.51. The summed E-state index contributed by atoms with van der Waals surface area (Å²) in [5.41, 5.74) is 1.50. The van der Waals surface area contributed by atoms with Crippen molar-refractivity contribution >= 4 is 21.7 Å². The molecule has 2 aliphatic carbocycles. The Morgan fingerprint density at radius 1 is 1.27 bits per heavy atom. The standard InChI is InChI=1S/C12H10BrFO/c13-9-5-7-1-2-12(3-4-12)11(15)8(7)6-10(9)14/h5-6H,1-4H2. The zero-order valence-electron chi connectivity index (χ0n) is 8.15. The topological polar surface area (TPSA) is 17.1 Å². The summed E-state index contributed by atoms with van der Waals surface area (Å²) in [5, 5.41) is 0. The Kier molecular flexibility index (Phi) is 1.85. The van der Waals surface area contributed by atoms with E-state index < -0.39 is 0 Å². The second kappa shape index (κ2) is 2.91. The van der Waals surface area contributed by atoms with E-state index in [0.717, 1.165) is 31.2 Å². The average Bonchev–Trinajstić information content (AvgIpc) is 2.97. The molecule has 1 fully saturated rings. The molecule has 0 unspecified atom stereocenters. The van der Waals surface area contributed by atoms with Gasteiger partial charge in [-0.3, -0.25) is 4.79 Å². The Bertz CT molecular complexity index is 463. The van der Waals surface area contributed by atoms with Crippen molar-refractivity contribution in [2.45, 2.75) is 25.7 Å². The first-order valence-corrected chi connectivity index (χ1v) is 5.94. The molecule has 15 heavy (non-hydrogen) atoms.